The molecule has 0 aliphatic carbocycles. The summed E-state index contributed by atoms with van der Waals surface area (Å²) in [6.45, 7) is 5.80. The summed E-state index contributed by atoms with van der Waals surface area (Å²) in [4.78, 5) is 3.88. The van der Waals surface area contributed by atoms with Gasteiger partial charge < -0.3 is 15.0 Å². The summed E-state index contributed by atoms with van der Waals surface area (Å²) in [5.74, 6) is 0. The summed E-state index contributed by atoms with van der Waals surface area (Å²) in [7, 11) is 1.72. The Bertz CT molecular complexity index is 308. The average Bonchev–Trinajstić information content (AvgIpc) is 2.95. The molecule has 1 aliphatic heterocycles. The molecule has 1 aliphatic rings. The van der Waals surface area contributed by atoms with Crippen LogP contribution in [0.4, 0.5) is 0 Å². The standard InChI is InChI=1S/C12H20N2OS/c1-15-12-5-4-11(16-12)10-13-6-9-14-7-2-3-8-14/h4-5,13H,2-3,6-10H2,1H3. The van der Waals surface area contributed by atoms with Gasteiger partial charge in [0.25, 0.3) is 0 Å². The van der Waals surface area contributed by atoms with Crippen molar-refractivity contribution in [2.75, 3.05) is 33.3 Å². The quantitative estimate of drug-likeness (QED) is 0.769. The van der Waals surface area contributed by atoms with E-state index in [-0.39, 0.29) is 0 Å². The second-order valence-corrected chi connectivity index (χ2v) is 5.28. The van der Waals surface area contributed by atoms with Gasteiger partial charge >= 0.3 is 0 Å². The number of nitrogens with one attached hydrogen (secondary N) is 1. The number of rotatable bonds is 6. The third-order valence-corrected chi connectivity index (χ3v) is 3.99. The molecule has 0 aromatic carbocycles. The molecule has 1 saturated heterocycles. The number of likely N-dealkylation sites (tertiary alicyclic amines) is 1. The fraction of sp³-hybridized carbons (Fsp3) is 0.667. The Hall–Kier alpha value is -0.580. The van der Waals surface area contributed by atoms with Crippen LogP contribution in [0, 0.1) is 0 Å². The molecular formula is C12H20N2OS. The lowest BCUT2D eigenvalue weighted by atomic mass is 10.4. The Balaban J connectivity index is 1.60. The molecule has 1 aromatic heterocycles. The molecule has 3 nitrogen and oxygen atoms in total. The van der Waals surface area contributed by atoms with Gasteiger partial charge in [0.2, 0.25) is 0 Å². The van der Waals surface area contributed by atoms with Crippen LogP contribution in [0.15, 0.2) is 12.1 Å². The maximum atomic E-state index is 5.16. The van der Waals surface area contributed by atoms with E-state index in [0.717, 1.165) is 18.2 Å². The molecule has 1 aromatic rings. The Kier molecular flexibility index (Phi) is 4.63. The van der Waals surface area contributed by atoms with E-state index in [2.05, 4.69) is 16.3 Å². The van der Waals surface area contributed by atoms with Gasteiger partial charge in [0.05, 0.1) is 7.11 Å². The number of nitrogens with zero attached hydrogens (tertiary/aromatic N) is 1. The second-order valence-electron chi connectivity index (χ2n) is 4.15. The third kappa shape index (κ3) is 3.47. The van der Waals surface area contributed by atoms with E-state index in [0.29, 0.717) is 0 Å². The summed E-state index contributed by atoms with van der Waals surface area (Å²) in [6, 6.07) is 4.16. The minimum absolute atomic E-state index is 0.960. The Labute approximate surface area is 101 Å². The molecule has 0 bridgehead atoms. The van der Waals surface area contributed by atoms with Gasteiger partial charge in [0, 0.05) is 24.5 Å². The molecular weight excluding hydrogens is 220 g/mol. The van der Waals surface area contributed by atoms with Crippen molar-refractivity contribution in [2.24, 2.45) is 0 Å². The van der Waals surface area contributed by atoms with E-state index in [1.165, 1.54) is 37.4 Å². The molecule has 4 heteroatoms. The molecule has 0 saturated carbocycles. The Morgan fingerprint density at radius 1 is 1.38 bits per heavy atom. The van der Waals surface area contributed by atoms with E-state index in [1.54, 1.807) is 18.4 Å². The molecule has 0 radical (unpaired) electrons. The molecule has 2 rings (SSSR count). The smallest absolute Gasteiger partial charge is 0.173 e. The zero-order chi connectivity index (χ0) is 11.2. The topological polar surface area (TPSA) is 24.5 Å². The van der Waals surface area contributed by atoms with Crippen molar-refractivity contribution in [1.82, 2.24) is 10.2 Å². The summed E-state index contributed by atoms with van der Waals surface area (Å²) in [5.41, 5.74) is 0. The van der Waals surface area contributed by atoms with Crippen LogP contribution in [0.25, 0.3) is 0 Å². The normalized spacial score (nSPS) is 16.8. The first-order chi connectivity index (χ1) is 7.88. The van der Waals surface area contributed by atoms with Gasteiger partial charge in [-0.25, -0.2) is 0 Å². The Morgan fingerprint density at radius 2 is 2.19 bits per heavy atom. The van der Waals surface area contributed by atoms with E-state index in [1.807, 2.05) is 6.07 Å². The van der Waals surface area contributed by atoms with Gasteiger partial charge in [0.15, 0.2) is 5.06 Å². The summed E-state index contributed by atoms with van der Waals surface area (Å²) in [6.07, 6.45) is 2.75. The van der Waals surface area contributed by atoms with Crippen molar-refractivity contribution in [2.45, 2.75) is 19.4 Å². The van der Waals surface area contributed by atoms with E-state index >= 15 is 0 Å². The first-order valence-electron chi connectivity index (χ1n) is 5.94. The molecule has 0 amide bonds. The molecule has 1 N–H and O–H groups in total. The average molecular weight is 240 g/mol. The van der Waals surface area contributed by atoms with Gasteiger partial charge in [0.1, 0.15) is 0 Å². The predicted molar refractivity (Wildman–Crippen MR) is 68.3 cm³/mol. The summed E-state index contributed by atoms with van der Waals surface area (Å²) in [5, 5.41) is 4.48. The van der Waals surface area contributed by atoms with Crippen LogP contribution in [0.2, 0.25) is 0 Å². The lowest BCUT2D eigenvalue weighted by Gasteiger charge is -2.14. The van der Waals surface area contributed by atoms with E-state index in [9.17, 15) is 0 Å². The van der Waals surface area contributed by atoms with Gasteiger partial charge in [-0.2, -0.15) is 0 Å². The highest BCUT2D eigenvalue weighted by atomic mass is 32.1. The number of thiophene rings is 1. The van der Waals surface area contributed by atoms with Gasteiger partial charge in [-0.3, -0.25) is 0 Å². The van der Waals surface area contributed by atoms with Crippen molar-refractivity contribution in [1.29, 1.82) is 0 Å². The maximum Gasteiger partial charge on any atom is 0.173 e. The third-order valence-electron chi connectivity index (χ3n) is 2.94. The zero-order valence-corrected chi connectivity index (χ0v) is 10.7. The lowest BCUT2D eigenvalue weighted by Crippen LogP contribution is -2.29. The minimum atomic E-state index is 0.960. The van der Waals surface area contributed by atoms with Crippen LogP contribution in [0.3, 0.4) is 0 Å². The minimum Gasteiger partial charge on any atom is -0.487 e. The summed E-state index contributed by atoms with van der Waals surface area (Å²) >= 11 is 1.72. The highest BCUT2D eigenvalue weighted by molar-refractivity contribution is 7.13. The molecule has 0 atom stereocenters. The second kappa shape index (κ2) is 6.23. The van der Waals surface area contributed by atoms with Crippen molar-refractivity contribution in [3.05, 3.63) is 17.0 Å². The van der Waals surface area contributed by atoms with Crippen LogP contribution >= 0.6 is 11.3 Å². The zero-order valence-electron chi connectivity index (χ0n) is 9.87. The van der Waals surface area contributed by atoms with E-state index in [4.69, 9.17) is 4.74 Å². The van der Waals surface area contributed by atoms with Crippen molar-refractivity contribution in [3.63, 3.8) is 0 Å². The van der Waals surface area contributed by atoms with Crippen molar-refractivity contribution >= 4 is 11.3 Å². The molecule has 16 heavy (non-hydrogen) atoms. The first-order valence-corrected chi connectivity index (χ1v) is 6.76. The SMILES string of the molecule is COc1ccc(CNCCN2CCCC2)s1. The van der Waals surface area contributed by atoms with Gasteiger partial charge in [-0.15, -0.1) is 11.3 Å². The highest BCUT2D eigenvalue weighted by Crippen LogP contribution is 2.23. The Morgan fingerprint density at radius 3 is 2.88 bits per heavy atom. The monoisotopic (exact) mass is 240 g/mol. The van der Waals surface area contributed by atoms with E-state index < -0.39 is 0 Å². The maximum absolute atomic E-state index is 5.16. The molecule has 0 unspecified atom stereocenters. The number of methoxy groups -OCH3 is 1. The van der Waals surface area contributed by atoms with Crippen LogP contribution < -0.4 is 10.1 Å². The molecule has 2 heterocycles. The highest BCUT2D eigenvalue weighted by Gasteiger charge is 2.10. The number of hydrogen-bond donors (Lipinski definition) is 1. The van der Waals surface area contributed by atoms with Gasteiger partial charge in [-0.1, -0.05) is 0 Å². The first kappa shape index (κ1) is 11.9. The fourth-order valence-corrected chi connectivity index (χ4v) is 2.81. The predicted octanol–water partition coefficient (Wildman–Crippen LogP) is 1.94. The van der Waals surface area contributed by atoms with Crippen LogP contribution in [0.1, 0.15) is 17.7 Å². The van der Waals surface area contributed by atoms with Crippen LogP contribution in [-0.4, -0.2) is 38.2 Å². The molecule has 1 fully saturated rings. The summed E-state index contributed by atoms with van der Waals surface area (Å²) < 4.78 is 5.16. The lowest BCUT2D eigenvalue weighted by molar-refractivity contribution is 0.336. The number of hydrogen-bond acceptors (Lipinski definition) is 4. The number of ether oxygens (including phenoxy) is 1. The van der Waals surface area contributed by atoms with Crippen LogP contribution in [0.5, 0.6) is 5.06 Å². The van der Waals surface area contributed by atoms with Gasteiger partial charge in [-0.05, 0) is 38.1 Å². The molecule has 0 spiro atoms. The molecule has 90 valence electrons. The van der Waals surface area contributed by atoms with Crippen molar-refractivity contribution < 1.29 is 4.74 Å². The van der Waals surface area contributed by atoms with Crippen molar-refractivity contribution in [3.8, 4) is 5.06 Å². The largest absolute Gasteiger partial charge is 0.487 e. The fourth-order valence-electron chi connectivity index (χ4n) is 2.02. The van der Waals surface area contributed by atoms with Crippen LogP contribution in [-0.2, 0) is 6.54 Å².